The summed E-state index contributed by atoms with van der Waals surface area (Å²) in [6.45, 7) is 9.95. The molecule has 0 unspecified atom stereocenters. The van der Waals surface area contributed by atoms with Gasteiger partial charge in [0.1, 0.15) is 0 Å². The molecule has 0 saturated carbocycles. The first-order chi connectivity index (χ1) is 11.2. The molecule has 24 heavy (non-hydrogen) atoms. The highest BCUT2D eigenvalue weighted by molar-refractivity contribution is 14.0. The lowest BCUT2D eigenvalue weighted by atomic mass is 9.97. The van der Waals surface area contributed by atoms with Gasteiger partial charge in [-0.15, -0.1) is 35.3 Å². The van der Waals surface area contributed by atoms with E-state index in [1.807, 2.05) is 14.0 Å². The molecule has 0 aromatic carbocycles. The topological polar surface area (TPSA) is 52.5 Å². The van der Waals surface area contributed by atoms with Gasteiger partial charge in [0.15, 0.2) is 5.96 Å². The summed E-state index contributed by atoms with van der Waals surface area (Å²) < 4.78 is 0. The number of thiazole rings is 1. The number of nitrogens with one attached hydrogen (secondary N) is 2. The molecule has 1 saturated heterocycles. The summed E-state index contributed by atoms with van der Waals surface area (Å²) >= 11 is 1.71. The molecule has 1 aromatic rings. The molecule has 1 aliphatic rings. The van der Waals surface area contributed by atoms with Crippen molar-refractivity contribution in [2.45, 2.75) is 39.5 Å². The molecule has 1 aliphatic heterocycles. The maximum atomic E-state index is 4.49. The average molecular weight is 465 g/mol. The molecule has 0 radical (unpaired) electrons. The van der Waals surface area contributed by atoms with Crippen molar-refractivity contribution in [3.63, 3.8) is 0 Å². The average Bonchev–Trinajstić information content (AvgIpc) is 2.98. The molecule has 138 valence electrons. The van der Waals surface area contributed by atoms with Gasteiger partial charge >= 0.3 is 0 Å². The Kier molecular flexibility index (Phi) is 10.8. The first kappa shape index (κ1) is 21.6. The summed E-state index contributed by atoms with van der Waals surface area (Å²) in [6, 6.07) is 0. The van der Waals surface area contributed by atoms with Gasteiger partial charge < -0.3 is 15.5 Å². The van der Waals surface area contributed by atoms with E-state index in [0.29, 0.717) is 0 Å². The molecular weight excluding hydrogens is 433 g/mol. The van der Waals surface area contributed by atoms with E-state index in [4.69, 9.17) is 0 Å². The number of aromatic nitrogens is 1. The zero-order valence-corrected chi connectivity index (χ0v) is 18.3. The molecule has 7 heteroatoms. The van der Waals surface area contributed by atoms with Crippen molar-refractivity contribution >= 4 is 41.3 Å². The summed E-state index contributed by atoms with van der Waals surface area (Å²) in [5, 5.41) is 10.1. The van der Waals surface area contributed by atoms with Crippen LogP contribution < -0.4 is 10.6 Å². The van der Waals surface area contributed by atoms with Gasteiger partial charge in [0.2, 0.25) is 0 Å². The molecular formula is C17H32IN5S. The molecule has 0 spiro atoms. The molecule has 2 rings (SSSR count). The molecule has 0 atom stereocenters. The number of aryl methyl sites for hydroxylation is 1. The Balaban J connectivity index is 0.00000288. The number of rotatable bonds is 7. The summed E-state index contributed by atoms with van der Waals surface area (Å²) in [5.74, 6) is 1.68. The van der Waals surface area contributed by atoms with Crippen molar-refractivity contribution < 1.29 is 0 Å². The van der Waals surface area contributed by atoms with Gasteiger partial charge in [-0.2, -0.15) is 0 Å². The second-order valence-corrected chi connectivity index (χ2v) is 7.33. The van der Waals surface area contributed by atoms with Crippen LogP contribution in [0.5, 0.6) is 0 Å². The maximum Gasteiger partial charge on any atom is 0.190 e. The standard InChI is InChI=1S/C17H31N5S.HI/c1-4-9-22-10-6-15(7-11-22)12-20-17(18-3)19-8-5-16-13-23-14(2)21-16;/h13,15H,4-12H2,1-3H3,(H2,18,19,20);1H. The Morgan fingerprint density at radius 3 is 2.71 bits per heavy atom. The summed E-state index contributed by atoms with van der Waals surface area (Å²) in [4.78, 5) is 11.4. The molecule has 1 aromatic heterocycles. The van der Waals surface area contributed by atoms with Crippen molar-refractivity contribution in [3.05, 3.63) is 16.1 Å². The van der Waals surface area contributed by atoms with Crippen LogP contribution in [0.4, 0.5) is 0 Å². The largest absolute Gasteiger partial charge is 0.356 e. The third kappa shape index (κ3) is 7.65. The van der Waals surface area contributed by atoms with Gasteiger partial charge in [0.05, 0.1) is 10.7 Å². The molecule has 0 bridgehead atoms. The van der Waals surface area contributed by atoms with Crippen LogP contribution in [0.2, 0.25) is 0 Å². The molecule has 5 nitrogen and oxygen atoms in total. The lowest BCUT2D eigenvalue weighted by molar-refractivity contribution is 0.185. The summed E-state index contributed by atoms with van der Waals surface area (Å²) in [5.41, 5.74) is 1.17. The number of likely N-dealkylation sites (tertiary alicyclic amines) is 1. The normalized spacial score (nSPS) is 16.7. The molecule has 2 heterocycles. The highest BCUT2D eigenvalue weighted by Crippen LogP contribution is 2.16. The third-order valence-corrected chi connectivity index (χ3v) is 5.19. The highest BCUT2D eigenvalue weighted by atomic mass is 127. The van der Waals surface area contributed by atoms with E-state index in [-0.39, 0.29) is 24.0 Å². The molecule has 1 fully saturated rings. The van der Waals surface area contributed by atoms with Gasteiger partial charge in [-0.1, -0.05) is 6.92 Å². The number of guanidine groups is 1. The van der Waals surface area contributed by atoms with Gasteiger partial charge in [-0.25, -0.2) is 4.98 Å². The van der Waals surface area contributed by atoms with Crippen molar-refractivity contribution in [1.29, 1.82) is 0 Å². The van der Waals surface area contributed by atoms with E-state index in [1.165, 1.54) is 44.6 Å². The van der Waals surface area contributed by atoms with Crippen LogP contribution in [-0.4, -0.2) is 55.6 Å². The van der Waals surface area contributed by atoms with Gasteiger partial charge in [0, 0.05) is 31.9 Å². The van der Waals surface area contributed by atoms with Crippen molar-refractivity contribution in [1.82, 2.24) is 20.5 Å². The zero-order chi connectivity index (χ0) is 16.5. The van der Waals surface area contributed by atoms with Crippen molar-refractivity contribution in [3.8, 4) is 0 Å². The van der Waals surface area contributed by atoms with Crippen molar-refractivity contribution in [2.75, 3.05) is 39.8 Å². The van der Waals surface area contributed by atoms with Crippen LogP contribution in [0.3, 0.4) is 0 Å². The Labute approximate surface area is 167 Å². The minimum absolute atomic E-state index is 0. The van der Waals surface area contributed by atoms with E-state index in [1.54, 1.807) is 11.3 Å². The fourth-order valence-corrected chi connectivity index (χ4v) is 3.67. The Hall–Kier alpha value is -0.410. The Bertz CT molecular complexity index is 483. The predicted octanol–water partition coefficient (Wildman–Crippen LogP) is 2.90. The van der Waals surface area contributed by atoms with E-state index < -0.39 is 0 Å². The summed E-state index contributed by atoms with van der Waals surface area (Å²) in [7, 11) is 1.84. The number of hydrogen-bond acceptors (Lipinski definition) is 4. The fraction of sp³-hybridized carbons (Fsp3) is 0.765. The second kappa shape index (κ2) is 12.0. The van der Waals surface area contributed by atoms with Gasteiger partial charge in [-0.3, -0.25) is 4.99 Å². The minimum Gasteiger partial charge on any atom is -0.356 e. The van der Waals surface area contributed by atoms with Crippen molar-refractivity contribution in [2.24, 2.45) is 10.9 Å². The van der Waals surface area contributed by atoms with Crippen LogP contribution in [0, 0.1) is 12.8 Å². The van der Waals surface area contributed by atoms with E-state index in [9.17, 15) is 0 Å². The maximum absolute atomic E-state index is 4.49. The first-order valence-corrected chi connectivity index (χ1v) is 9.67. The lowest BCUT2D eigenvalue weighted by Crippen LogP contribution is -2.43. The van der Waals surface area contributed by atoms with E-state index >= 15 is 0 Å². The van der Waals surface area contributed by atoms with Gasteiger partial charge in [0.25, 0.3) is 0 Å². The predicted molar refractivity (Wildman–Crippen MR) is 115 cm³/mol. The number of hydrogen-bond donors (Lipinski definition) is 2. The van der Waals surface area contributed by atoms with E-state index in [2.05, 4.69) is 37.8 Å². The van der Waals surface area contributed by atoms with Gasteiger partial charge in [-0.05, 0) is 51.7 Å². The third-order valence-electron chi connectivity index (χ3n) is 4.37. The Morgan fingerprint density at radius 2 is 2.12 bits per heavy atom. The quantitative estimate of drug-likeness (QED) is 0.370. The minimum atomic E-state index is 0. The van der Waals surface area contributed by atoms with Crippen LogP contribution in [0.15, 0.2) is 10.4 Å². The molecule has 0 aliphatic carbocycles. The van der Waals surface area contributed by atoms with Crippen LogP contribution in [0.1, 0.15) is 36.9 Å². The fourth-order valence-electron chi connectivity index (χ4n) is 3.02. The monoisotopic (exact) mass is 465 g/mol. The molecule has 0 amide bonds. The van der Waals surface area contributed by atoms with Crippen LogP contribution in [-0.2, 0) is 6.42 Å². The zero-order valence-electron chi connectivity index (χ0n) is 15.2. The van der Waals surface area contributed by atoms with E-state index in [0.717, 1.165) is 36.4 Å². The smallest absolute Gasteiger partial charge is 0.190 e. The second-order valence-electron chi connectivity index (χ2n) is 6.27. The SMILES string of the molecule is CCCN1CCC(CNC(=NC)NCCc2csc(C)n2)CC1.I. The first-order valence-electron chi connectivity index (χ1n) is 8.79. The highest BCUT2D eigenvalue weighted by Gasteiger charge is 2.18. The van der Waals surface area contributed by atoms with Crippen LogP contribution in [0.25, 0.3) is 0 Å². The number of nitrogens with zero attached hydrogens (tertiary/aromatic N) is 3. The number of aliphatic imine (C=N–C) groups is 1. The number of piperidine rings is 1. The Morgan fingerprint density at radius 1 is 1.38 bits per heavy atom. The summed E-state index contributed by atoms with van der Waals surface area (Å²) in [6.07, 6.45) is 4.79. The number of halogens is 1. The molecule has 2 N–H and O–H groups in total. The van der Waals surface area contributed by atoms with Crippen LogP contribution >= 0.6 is 35.3 Å². The lowest BCUT2D eigenvalue weighted by Gasteiger charge is -2.32.